The molecule has 0 aromatic rings. The van der Waals surface area contributed by atoms with Gasteiger partial charge in [-0.3, -0.25) is 4.79 Å². The second-order valence-corrected chi connectivity index (χ2v) is 3.92. The molecule has 0 aliphatic carbocycles. The number of ether oxygens (including phenoxy) is 3. The van der Waals surface area contributed by atoms with Crippen LogP contribution in [0.25, 0.3) is 0 Å². The SMILES string of the molecule is COC(=O)C[C@H](CC(OC)OC)C(C)C. The predicted molar refractivity (Wildman–Crippen MR) is 57.4 cm³/mol. The number of rotatable bonds is 7. The normalized spacial score (nSPS) is 13.3. The standard InChI is InChI=1S/C11H22O4/c1-8(2)9(6-10(12)13-3)7-11(14-4)15-5/h8-9,11H,6-7H2,1-5H3/t9-/m1/s1. The van der Waals surface area contributed by atoms with E-state index in [0.29, 0.717) is 18.8 Å². The molecule has 0 heterocycles. The van der Waals surface area contributed by atoms with Gasteiger partial charge in [0.2, 0.25) is 0 Å². The van der Waals surface area contributed by atoms with Crippen LogP contribution in [0.15, 0.2) is 0 Å². The van der Waals surface area contributed by atoms with Gasteiger partial charge in [-0.25, -0.2) is 0 Å². The van der Waals surface area contributed by atoms with E-state index in [1.165, 1.54) is 7.11 Å². The lowest BCUT2D eigenvalue weighted by molar-refractivity contribution is -0.145. The Balaban J connectivity index is 4.20. The molecule has 1 atom stereocenters. The van der Waals surface area contributed by atoms with Gasteiger partial charge >= 0.3 is 5.97 Å². The van der Waals surface area contributed by atoms with Crippen LogP contribution < -0.4 is 0 Å². The van der Waals surface area contributed by atoms with Gasteiger partial charge in [-0.1, -0.05) is 13.8 Å². The molecular formula is C11H22O4. The van der Waals surface area contributed by atoms with Gasteiger partial charge < -0.3 is 14.2 Å². The van der Waals surface area contributed by atoms with Crippen molar-refractivity contribution >= 4 is 5.97 Å². The molecule has 0 bridgehead atoms. The van der Waals surface area contributed by atoms with Crippen molar-refractivity contribution in [2.75, 3.05) is 21.3 Å². The number of hydrogen-bond acceptors (Lipinski definition) is 4. The Morgan fingerprint density at radius 2 is 1.67 bits per heavy atom. The van der Waals surface area contributed by atoms with Crippen molar-refractivity contribution < 1.29 is 19.0 Å². The fraction of sp³-hybridized carbons (Fsp3) is 0.909. The molecule has 4 nitrogen and oxygen atoms in total. The largest absolute Gasteiger partial charge is 0.469 e. The molecule has 0 fully saturated rings. The monoisotopic (exact) mass is 218 g/mol. The van der Waals surface area contributed by atoms with Crippen LogP contribution in [-0.2, 0) is 19.0 Å². The minimum atomic E-state index is -0.248. The van der Waals surface area contributed by atoms with E-state index in [4.69, 9.17) is 9.47 Å². The average molecular weight is 218 g/mol. The van der Waals surface area contributed by atoms with E-state index in [1.807, 2.05) is 0 Å². The van der Waals surface area contributed by atoms with Crippen molar-refractivity contribution in [2.45, 2.75) is 33.0 Å². The number of hydrogen-bond donors (Lipinski definition) is 0. The molecule has 0 rings (SSSR count). The summed E-state index contributed by atoms with van der Waals surface area (Å²) < 4.78 is 14.9. The molecule has 0 amide bonds. The first-order chi connectivity index (χ1) is 7.04. The van der Waals surface area contributed by atoms with Crippen LogP contribution in [0, 0.1) is 11.8 Å². The maximum absolute atomic E-state index is 11.2. The first kappa shape index (κ1) is 14.4. The topological polar surface area (TPSA) is 44.8 Å². The number of carbonyl (C=O) groups excluding carboxylic acids is 1. The van der Waals surface area contributed by atoms with E-state index in [9.17, 15) is 4.79 Å². The van der Waals surface area contributed by atoms with Gasteiger partial charge in [0.25, 0.3) is 0 Å². The summed E-state index contributed by atoms with van der Waals surface area (Å²) in [7, 11) is 4.61. The Bertz CT molecular complexity index is 175. The Morgan fingerprint density at radius 3 is 2.00 bits per heavy atom. The van der Waals surface area contributed by atoms with Crippen LogP contribution in [0.2, 0.25) is 0 Å². The summed E-state index contributed by atoms with van der Waals surface area (Å²) in [6.07, 6.45) is 0.874. The van der Waals surface area contributed by atoms with Gasteiger partial charge in [-0.15, -0.1) is 0 Å². The maximum atomic E-state index is 11.2. The smallest absolute Gasteiger partial charge is 0.305 e. The molecule has 0 aliphatic heterocycles. The second-order valence-electron chi connectivity index (χ2n) is 3.92. The van der Waals surface area contributed by atoms with E-state index < -0.39 is 0 Å². The zero-order valence-electron chi connectivity index (χ0n) is 10.3. The van der Waals surface area contributed by atoms with Gasteiger partial charge in [0.05, 0.1) is 7.11 Å². The zero-order valence-corrected chi connectivity index (χ0v) is 10.3. The van der Waals surface area contributed by atoms with Crippen molar-refractivity contribution in [2.24, 2.45) is 11.8 Å². The molecule has 0 aliphatic rings. The minimum Gasteiger partial charge on any atom is -0.469 e. The molecule has 0 aromatic carbocycles. The molecule has 90 valence electrons. The van der Waals surface area contributed by atoms with Crippen molar-refractivity contribution in [1.29, 1.82) is 0 Å². The highest BCUT2D eigenvalue weighted by Gasteiger charge is 2.22. The van der Waals surface area contributed by atoms with Gasteiger partial charge in [-0.05, 0) is 11.8 Å². The lowest BCUT2D eigenvalue weighted by Gasteiger charge is -2.23. The highest BCUT2D eigenvalue weighted by Crippen LogP contribution is 2.22. The van der Waals surface area contributed by atoms with Gasteiger partial charge in [0, 0.05) is 27.1 Å². The second kappa shape index (κ2) is 7.65. The number of carbonyl (C=O) groups is 1. The predicted octanol–water partition coefficient (Wildman–Crippen LogP) is 1.83. The summed E-state index contributed by atoms with van der Waals surface area (Å²) in [5.74, 6) is 0.443. The molecule has 0 radical (unpaired) electrons. The third-order valence-electron chi connectivity index (χ3n) is 2.62. The molecule has 15 heavy (non-hydrogen) atoms. The summed E-state index contributed by atoms with van der Waals surface area (Å²) in [6.45, 7) is 4.16. The van der Waals surface area contributed by atoms with Gasteiger partial charge in [-0.2, -0.15) is 0 Å². The first-order valence-corrected chi connectivity index (χ1v) is 5.17. The van der Waals surface area contributed by atoms with Gasteiger partial charge in [0.15, 0.2) is 6.29 Å². The van der Waals surface area contributed by atoms with Crippen molar-refractivity contribution in [1.82, 2.24) is 0 Å². The van der Waals surface area contributed by atoms with E-state index in [0.717, 1.165) is 0 Å². The zero-order chi connectivity index (χ0) is 11.8. The van der Waals surface area contributed by atoms with Gasteiger partial charge in [0.1, 0.15) is 0 Å². The van der Waals surface area contributed by atoms with E-state index >= 15 is 0 Å². The minimum absolute atomic E-state index is 0.181. The Hall–Kier alpha value is -0.610. The maximum Gasteiger partial charge on any atom is 0.305 e. The summed E-state index contributed by atoms with van der Waals surface area (Å²) in [6, 6.07) is 0. The quantitative estimate of drug-likeness (QED) is 0.483. The third kappa shape index (κ3) is 5.74. The lowest BCUT2D eigenvalue weighted by Crippen LogP contribution is -2.23. The van der Waals surface area contributed by atoms with E-state index in [-0.39, 0.29) is 18.2 Å². The van der Waals surface area contributed by atoms with E-state index in [1.54, 1.807) is 14.2 Å². The van der Waals surface area contributed by atoms with Crippen LogP contribution in [0.3, 0.4) is 0 Å². The van der Waals surface area contributed by atoms with Crippen LogP contribution in [0.5, 0.6) is 0 Å². The molecule has 0 unspecified atom stereocenters. The van der Waals surface area contributed by atoms with Crippen LogP contribution in [0.4, 0.5) is 0 Å². The Labute approximate surface area is 91.9 Å². The molecule has 0 aromatic heterocycles. The molecular weight excluding hydrogens is 196 g/mol. The third-order valence-corrected chi connectivity index (χ3v) is 2.62. The number of esters is 1. The lowest BCUT2D eigenvalue weighted by atomic mass is 9.89. The average Bonchev–Trinajstić information content (AvgIpc) is 2.23. The van der Waals surface area contributed by atoms with Crippen molar-refractivity contribution in [3.8, 4) is 0 Å². The molecule has 0 N–H and O–H groups in total. The van der Waals surface area contributed by atoms with Crippen LogP contribution in [-0.4, -0.2) is 33.6 Å². The Kier molecular flexibility index (Phi) is 7.34. The first-order valence-electron chi connectivity index (χ1n) is 5.17. The van der Waals surface area contributed by atoms with Crippen molar-refractivity contribution in [3.05, 3.63) is 0 Å². The summed E-state index contributed by atoms with van der Waals surface area (Å²) >= 11 is 0. The molecule has 0 saturated carbocycles. The van der Waals surface area contributed by atoms with Crippen molar-refractivity contribution in [3.63, 3.8) is 0 Å². The fourth-order valence-corrected chi connectivity index (χ4v) is 1.42. The number of methoxy groups -OCH3 is 3. The summed E-state index contributed by atoms with van der Waals surface area (Å²) in [5.41, 5.74) is 0. The molecule has 4 heteroatoms. The van der Waals surface area contributed by atoms with Crippen LogP contribution in [0.1, 0.15) is 26.7 Å². The highest BCUT2D eigenvalue weighted by atomic mass is 16.7. The summed E-state index contributed by atoms with van der Waals surface area (Å²) in [4.78, 5) is 11.2. The summed E-state index contributed by atoms with van der Waals surface area (Å²) in [5, 5.41) is 0. The fourth-order valence-electron chi connectivity index (χ4n) is 1.42. The Morgan fingerprint density at radius 1 is 1.13 bits per heavy atom. The molecule has 0 spiro atoms. The van der Waals surface area contributed by atoms with E-state index in [2.05, 4.69) is 18.6 Å². The molecule has 0 saturated heterocycles. The highest BCUT2D eigenvalue weighted by molar-refractivity contribution is 5.69. The van der Waals surface area contributed by atoms with Crippen LogP contribution >= 0.6 is 0 Å².